The number of rotatable bonds is 3. The molecule has 1 radical (unpaired) electrons. The lowest BCUT2D eigenvalue weighted by Crippen LogP contribution is -2.00. The molecule has 1 aromatic rings. The predicted molar refractivity (Wildman–Crippen MR) is 48.6 cm³/mol. The zero-order valence-electron chi connectivity index (χ0n) is 7.14. The molecule has 0 saturated heterocycles. The summed E-state index contributed by atoms with van der Waals surface area (Å²) in [7, 11) is -4.10. The molecule has 0 aromatic heterocycles. The Hall–Kier alpha value is -1.07. The Balaban J connectivity index is 3.06. The zero-order valence-corrected chi connectivity index (χ0v) is 7.95. The summed E-state index contributed by atoms with van der Waals surface area (Å²) in [4.78, 5) is -0.123. The van der Waals surface area contributed by atoms with Gasteiger partial charge in [0.2, 0.25) is 0 Å². The molecule has 4 nitrogen and oxygen atoms in total. The third-order valence-corrected chi connectivity index (χ3v) is 2.31. The van der Waals surface area contributed by atoms with Crippen molar-refractivity contribution in [1.82, 2.24) is 5.32 Å². The summed E-state index contributed by atoms with van der Waals surface area (Å²) in [6.45, 7) is 2.43. The zero-order chi connectivity index (χ0) is 9.90. The van der Waals surface area contributed by atoms with E-state index in [-0.39, 0.29) is 4.90 Å². The highest BCUT2D eigenvalue weighted by atomic mass is 32.2. The van der Waals surface area contributed by atoms with Gasteiger partial charge in [-0.2, -0.15) is 8.42 Å². The Labute approximate surface area is 77.3 Å². The van der Waals surface area contributed by atoms with E-state index in [0.29, 0.717) is 12.2 Å². The van der Waals surface area contributed by atoms with Crippen molar-refractivity contribution >= 4 is 15.8 Å². The molecule has 0 aliphatic carbocycles. The van der Waals surface area contributed by atoms with Crippen LogP contribution in [-0.4, -0.2) is 19.5 Å². The number of hydrogen-bond acceptors (Lipinski definition) is 2. The Morgan fingerprint density at radius 3 is 2.69 bits per heavy atom. The van der Waals surface area contributed by atoms with Crippen LogP contribution in [0.25, 0.3) is 0 Å². The lowest BCUT2D eigenvalue weighted by Gasteiger charge is -2.01. The van der Waals surface area contributed by atoms with E-state index in [4.69, 9.17) is 4.55 Å². The van der Waals surface area contributed by atoms with Crippen molar-refractivity contribution in [3.63, 3.8) is 0 Å². The van der Waals surface area contributed by atoms with Gasteiger partial charge in [0.25, 0.3) is 10.1 Å². The van der Waals surface area contributed by atoms with Gasteiger partial charge in [0.1, 0.15) is 0 Å². The van der Waals surface area contributed by atoms with Crippen LogP contribution in [0.5, 0.6) is 0 Å². The van der Waals surface area contributed by atoms with Crippen LogP contribution in [-0.2, 0) is 10.1 Å². The normalized spacial score (nSPS) is 11.2. The molecule has 0 heterocycles. The highest BCUT2D eigenvalue weighted by Gasteiger charge is 2.09. The minimum absolute atomic E-state index is 0.123. The van der Waals surface area contributed by atoms with Gasteiger partial charge < -0.3 is 0 Å². The van der Waals surface area contributed by atoms with Gasteiger partial charge >= 0.3 is 0 Å². The largest absolute Gasteiger partial charge is 0.294 e. The fourth-order valence-corrected chi connectivity index (χ4v) is 1.45. The van der Waals surface area contributed by atoms with Crippen LogP contribution in [0.1, 0.15) is 6.92 Å². The van der Waals surface area contributed by atoms with Crippen molar-refractivity contribution in [3.05, 3.63) is 24.3 Å². The molecule has 0 atom stereocenters. The maximum atomic E-state index is 10.7. The summed E-state index contributed by atoms with van der Waals surface area (Å²) >= 11 is 0. The monoisotopic (exact) mass is 200 g/mol. The summed E-state index contributed by atoms with van der Waals surface area (Å²) in [5.74, 6) is 0. The average molecular weight is 200 g/mol. The van der Waals surface area contributed by atoms with Crippen molar-refractivity contribution in [1.29, 1.82) is 0 Å². The highest BCUT2D eigenvalue weighted by Crippen LogP contribution is 2.14. The minimum Gasteiger partial charge on any atom is -0.286 e. The third kappa shape index (κ3) is 2.71. The van der Waals surface area contributed by atoms with E-state index in [1.807, 2.05) is 6.92 Å². The van der Waals surface area contributed by atoms with Crippen molar-refractivity contribution in [2.75, 3.05) is 6.54 Å². The molecule has 1 N–H and O–H groups in total. The summed E-state index contributed by atoms with van der Waals surface area (Å²) in [5, 5.41) is 4.01. The molecule has 71 valence electrons. The van der Waals surface area contributed by atoms with Gasteiger partial charge in [0, 0.05) is 6.54 Å². The van der Waals surface area contributed by atoms with E-state index in [2.05, 4.69) is 5.32 Å². The standard InChI is InChI=1S/C8H10NO3S/c1-2-9-7-4-3-5-8(6-7)13(10,11)12/h3-6H,2H2,1H3,(H,10,11,12). The molecule has 0 bridgehead atoms. The molecule has 0 unspecified atom stereocenters. The molecular weight excluding hydrogens is 190 g/mol. The van der Waals surface area contributed by atoms with E-state index in [9.17, 15) is 8.42 Å². The van der Waals surface area contributed by atoms with Crippen molar-refractivity contribution in [2.24, 2.45) is 0 Å². The SMILES string of the molecule is CC[N]c1cccc(S(=O)(=O)O)c1. The molecular formula is C8H10NO3S. The lowest BCUT2D eigenvalue weighted by molar-refractivity contribution is 0.483. The van der Waals surface area contributed by atoms with Crippen LogP contribution >= 0.6 is 0 Å². The van der Waals surface area contributed by atoms with E-state index in [1.54, 1.807) is 6.07 Å². The Kier molecular flexibility index (Phi) is 2.90. The van der Waals surface area contributed by atoms with Gasteiger partial charge in [-0.25, -0.2) is 0 Å². The maximum absolute atomic E-state index is 10.7. The molecule has 0 amide bonds. The van der Waals surface area contributed by atoms with Crippen LogP contribution in [0.2, 0.25) is 0 Å². The first kappa shape index (κ1) is 10.0. The van der Waals surface area contributed by atoms with E-state index >= 15 is 0 Å². The average Bonchev–Trinajstić information content (AvgIpc) is 2.04. The molecule has 1 rings (SSSR count). The number of hydrogen-bond donors (Lipinski definition) is 1. The second-order valence-electron chi connectivity index (χ2n) is 2.45. The first-order chi connectivity index (χ1) is 6.04. The fraction of sp³-hybridized carbons (Fsp3) is 0.250. The van der Waals surface area contributed by atoms with Crippen molar-refractivity contribution in [2.45, 2.75) is 11.8 Å². The maximum Gasteiger partial charge on any atom is 0.294 e. The molecule has 1 aromatic carbocycles. The molecule has 0 fully saturated rings. The lowest BCUT2D eigenvalue weighted by atomic mass is 10.3. The van der Waals surface area contributed by atoms with Crippen LogP contribution in [0.4, 0.5) is 5.69 Å². The Morgan fingerprint density at radius 2 is 2.15 bits per heavy atom. The Morgan fingerprint density at radius 1 is 1.46 bits per heavy atom. The van der Waals surface area contributed by atoms with Crippen LogP contribution in [0, 0.1) is 0 Å². The first-order valence-corrected chi connectivity index (χ1v) is 5.23. The van der Waals surface area contributed by atoms with Gasteiger partial charge in [0.05, 0.1) is 10.6 Å². The predicted octanol–water partition coefficient (Wildman–Crippen LogP) is 1.19. The van der Waals surface area contributed by atoms with Crippen LogP contribution in [0.3, 0.4) is 0 Å². The summed E-state index contributed by atoms with van der Waals surface area (Å²) in [6, 6.07) is 5.87. The van der Waals surface area contributed by atoms with E-state index < -0.39 is 10.1 Å². The number of benzene rings is 1. The molecule has 5 heteroatoms. The van der Waals surface area contributed by atoms with E-state index in [0.717, 1.165) is 0 Å². The van der Waals surface area contributed by atoms with Gasteiger partial charge in [-0.1, -0.05) is 6.07 Å². The van der Waals surface area contributed by atoms with Crippen molar-refractivity contribution < 1.29 is 13.0 Å². The molecule has 13 heavy (non-hydrogen) atoms. The summed E-state index contributed by atoms with van der Waals surface area (Å²) < 4.78 is 30.1. The minimum atomic E-state index is -4.10. The molecule has 0 aliphatic heterocycles. The van der Waals surface area contributed by atoms with Gasteiger partial charge in [0.15, 0.2) is 0 Å². The number of nitrogens with zero attached hydrogens (tertiary/aromatic N) is 1. The summed E-state index contributed by atoms with van der Waals surface area (Å²) in [6.07, 6.45) is 0. The van der Waals surface area contributed by atoms with Crippen LogP contribution in [0.15, 0.2) is 29.2 Å². The van der Waals surface area contributed by atoms with Crippen LogP contribution < -0.4 is 5.32 Å². The molecule has 0 aliphatic rings. The van der Waals surface area contributed by atoms with Crippen molar-refractivity contribution in [3.8, 4) is 0 Å². The first-order valence-electron chi connectivity index (χ1n) is 3.79. The molecule has 0 saturated carbocycles. The second-order valence-corrected chi connectivity index (χ2v) is 3.87. The second kappa shape index (κ2) is 3.76. The van der Waals surface area contributed by atoms with E-state index in [1.165, 1.54) is 18.2 Å². The topological polar surface area (TPSA) is 68.5 Å². The quantitative estimate of drug-likeness (QED) is 0.745. The summed E-state index contributed by atoms with van der Waals surface area (Å²) in [5.41, 5.74) is 0.553. The third-order valence-electron chi connectivity index (χ3n) is 1.46. The molecule has 0 spiro atoms. The highest BCUT2D eigenvalue weighted by molar-refractivity contribution is 7.85. The van der Waals surface area contributed by atoms with Gasteiger partial charge in [-0.05, 0) is 25.1 Å². The fourth-order valence-electron chi connectivity index (χ4n) is 0.925. The van der Waals surface area contributed by atoms with Gasteiger partial charge in [-0.3, -0.25) is 9.87 Å². The van der Waals surface area contributed by atoms with Gasteiger partial charge in [-0.15, -0.1) is 0 Å². The Bertz CT molecular complexity index is 386. The smallest absolute Gasteiger partial charge is 0.286 e.